The molecule has 32 heavy (non-hydrogen) atoms. The van der Waals surface area contributed by atoms with Gasteiger partial charge < -0.3 is 14.8 Å². The van der Waals surface area contributed by atoms with Crippen LogP contribution in [0, 0.1) is 5.92 Å². The summed E-state index contributed by atoms with van der Waals surface area (Å²) in [5, 5.41) is 3.09. The number of morpholine rings is 1. The number of rotatable bonds is 7. The molecule has 0 radical (unpaired) electrons. The van der Waals surface area contributed by atoms with Gasteiger partial charge in [-0.3, -0.25) is 9.69 Å². The highest BCUT2D eigenvalue weighted by molar-refractivity contribution is 5.72. The van der Waals surface area contributed by atoms with Crippen LogP contribution in [-0.4, -0.2) is 48.7 Å². The van der Waals surface area contributed by atoms with Crippen molar-refractivity contribution < 1.29 is 19.1 Å². The highest BCUT2D eigenvalue weighted by Gasteiger charge is 2.33. The van der Waals surface area contributed by atoms with Gasteiger partial charge in [-0.15, -0.1) is 0 Å². The van der Waals surface area contributed by atoms with Crippen LogP contribution in [0.1, 0.15) is 36.8 Å². The third kappa shape index (κ3) is 6.57. The second-order valence-electron chi connectivity index (χ2n) is 8.85. The second kappa shape index (κ2) is 11.1. The highest BCUT2D eigenvalue weighted by Crippen LogP contribution is 2.26. The summed E-state index contributed by atoms with van der Waals surface area (Å²) >= 11 is 0. The largest absolute Gasteiger partial charge is 0.460 e. The lowest BCUT2D eigenvalue weighted by atomic mass is 9.84. The summed E-state index contributed by atoms with van der Waals surface area (Å²) in [5.41, 5.74) is 2.14. The van der Waals surface area contributed by atoms with Gasteiger partial charge in [0.25, 0.3) is 0 Å². The number of hydrogen-bond donors (Lipinski definition) is 1. The van der Waals surface area contributed by atoms with Gasteiger partial charge in [-0.1, -0.05) is 73.5 Å². The van der Waals surface area contributed by atoms with Gasteiger partial charge >= 0.3 is 12.1 Å². The molecule has 2 aromatic carbocycles. The van der Waals surface area contributed by atoms with E-state index in [0.29, 0.717) is 12.5 Å². The molecule has 2 fully saturated rings. The number of amides is 1. The van der Waals surface area contributed by atoms with Crippen LogP contribution in [-0.2, 0) is 27.3 Å². The summed E-state index contributed by atoms with van der Waals surface area (Å²) in [6, 6.07) is 19.9. The zero-order valence-corrected chi connectivity index (χ0v) is 18.4. The first-order chi connectivity index (χ1) is 15.7. The van der Waals surface area contributed by atoms with E-state index in [4.69, 9.17) is 9.47 Å². The molecule has 6 heteroatoms. The Bertz CT molecular complexity index is 874. The maximum atomic E-state index is 12.4. The normalized spacial score (nSPS) is 23.9. The fraction of sp³-hybridized carbons (Fsp3) is 0.462. The molecule has 1 amide bonds. The van der Waals surface area contributed by atoms with Gasteiger partial charge in [-0.2, -0.15) is 0 Å². The third-order valence-electron chi connectivity index (χ3n) is 6.34. The van der Waals surface area contributed by atoms with Crippen LogP contribution in [0.25, 0.3) is 0 Å². The summed E-state index contributed by atoms with van der Waals surface area (Å²) in [6.45, 7) is 2.09. The molecule has 2 aliphatic rings. The smallest absolute Gasteiger partial charge is 0.407 e. The van der Waals surface area contributed by atoms with Gasteiger partial charge in [0.2, 0.25) is 0 Å². The zero-order chi connectivity index (χ0) is 22.2. The molecule has 170 valence electrons. The molecule has 6 nitrogen and oxygen atoms in total. The summed E-state index contributed by atoms with van der Waals surface area (Å²) in [5.74, 6) is 0.135. The second-order valence-corrected chi connectivity index (χ2v) is 8.85. The Morgan fingerprint density at radius 3 is 2.44 bits per heavy atom. The lowest BCUT2D eigenvalue weighted by molar-refractivity contribution is -0.159. The van der Waals surface area contributed by atoms with Crippen LogP contribution < -0.4 is 5.32 Å². The maximum absolute atomic E-state index is 12.4. The van der Waals surface area contributed by atoms with Crippen molar-refractivity contribution in [2.24, 2.45) is 5.92 Å². The van der Waals surface area contributed by atoms with Crippen molar-refractivity contribution in [2.75, 3.05) is 19.6 Å². The number of cyclic esters (lactones) is 1. The van der Waals surface area contributed by atoms with E-state index in [9.17, 15) is 9.59 Å². The topological polar surface area (TPSA) is 67.9 Å². The summed E-state index contributed by atoms with van der Waals surface area (Å²) < 4.78 is 11.0. The molecule has 0 spiro atoms. The van der Waals surface area contributed by atoms with E-state index >= 15 is 0 Å². The minimum Gasteiger partial charge on any atom is -0.460 e. The van der Waals surface area contributed by atoms with Gasteiger partial charge in [-0.25, -0.2) is 4.79 Å². The molecule has 0 aromatic heterocycles. The number of ether oxygens (including phenoxy) is 2. The first kappa shape index (κ1) is 22.3. The molecule has 1 heterocycles. The number of nitrogens with one attached hydrogen (secondary N) is 1. The van der Waals surface area contributed by atoms with E-state index in [1.165, 1.54) is 5.56 Å². The quantitative estimate of drug-likeness (QED) is 0.666. The Kier molecular flexibility index (Phi) is 7.77. The van der Waals surface area contributed by atoms with Crippen LogP contribution in [0.2, 0.25) is 0 Å². The van der Waals surface area contributed by atoms with Gasteiger partial charge in [0.15, 0.2) is 0 Å². The van der Waals surface area contributed by atoms with E-state index in [-0.39, 0.29) is 30.8 Å². The molecule has 1 saturated heterocycles. The average molecular weight is 437 g/mol. The Hall–Kier alpha value is -2.86. The number of carbonyl (C=O) groups is 2. The molecule has 1 aliphatic carbocycles. The molecule has 2 aromatic rings. The molecule has 0 bridgehead atoms. The number of alkyl carbamates (subject to hydrolysis) is 1. The standard InChI is InChI=1S/C26H32N2O4/c29-25-18-28(17-23(32-25)15-20-9-3-1-4-10-20)16-22-13-7-8-14-24(22)27-26(30)31-19-21-11-5-2-6-12-21/h1-6,9-12,22-24H,7-8,13-19H2,(H,27,30)/t22-,23?,24+/m0/s1. The van der Waals surface area contributed by atoms with Gasteiger partial charge in [-0.05, 0) is 29.9 Å². The summed E-state index contributed by atoms with van der Waals surface area (Å²) in [7, 11) is 0. The minimum absolute atomic E-state index is 0.0672. The number of hydrogen-bond acceptors (Lipinski definition) is 5. The van der Waals surface area contributed by atoms with Crippen LogP contribution >= 0.6 is 0 Å². The fourth-order valence-electron chi connectivity index (χ4n) is 4.78. The molecular weight excluding hydrogens is 404 g/mol. The van der Waals surface area contributed by atoms with Crippen LogP contribution in [0.3, 0.4) is 0 Å². The number of carbonyl (C=O) groups excluding carboxylic acids is 2. The first-order valence-corrected chi connectivity index (χ1v) is 11.6. The van der Waals surface area contributed by atoms with Crippen LogP contribution in [0.4, 0.5) is 4.79 Å². The van der Waals surface area contributed by atoms with Crippen molar-refractivity contribution in [2.45, 2.75) is 50.9 Å². The molecule has 1 unspecified atom stereocenters. The van der Waals surface area contributed by atoms with Gasteiger partial charge in [0, 0.05) is 25.6 Å². The van der Waals surface area contributed by atoms with Crippen molar-refractivity contribution in [3.63, 3.8) is 0 Å². The SMILES string of the molecule is O=C1CN(C[C@@H]2CCCC[C@H]2NC(=O)OCc2ccccc2)CC(Cc2ccccc2)O1. The third-order valence-corrected chi connectivity index (χ3v) is 6.34. The minimum atomic E-state index is -0.370. The highest BCUT2D eigenvalue weighted by atomic mass is 16.6. The van der Waals surface area contributed by atoms with Crippen molar-refractivity contribution in [1.29, 1.82) is 0 Å². The van der Waals surface area contributed by atoms with Crippen LogP contribution in [0.5, 0.6) is 0 Å². The van der Waals surface area contributed by atoms with E-state index in [0.717, 1.165) is 50.8 Å². The molecule has 3 atom stereocenters. The monoisotopic (exact) mass is 436 g/mol. The Morgan fingerprint density at radius 1 is 1.00 bits per heavy atom. The predicted octanol–water partition coefficient (Wildman–Crippen LogP) is 3.94. The van der Waals surface area contributed by atoms with Gasteiger partial charge in [0.05, 0.1) is 6.54 Å². The molecule has 1 saturated carbocycles. The number of nitrogens with zero attached hydrogens (tertiary/aromatic N) is 1. The van der Waals surface area contributed by atoms with E-state index in [1.807, 2.05) is 48.5 Å². The molecular formula is C26H32N2O4. The summed E-state index contributed by atoms with van der Waals surface area (Å²) in [6.07, 6.45) is 4.44. The van der Waals surface area contributed by atoms with Crippen molar-refractivity contribution in [1.82, 2.24) is 10.2 Å². The lowest BCUT2D eigenvalue weighted by Crippen LogP contribution is -2.51. The summed E-state index contributed by atoms with van der Waals surface area (Å²) in [4.78, 5) is 26.8. The van der Waals surface area contributed by atoms with Crippen molar-refractivity contribution in [3.8, 4) is 0 Å². The molecule has 4 rings (SSSR count). The van der Waals surface area contributed by atoms with Crippen molar-refractivity contribution in [3.05, 3.63) is 71.8 Å². The number of esters is 1. The van der Waals surface area contributed by atoms with Crippen LogP contribution in [0.15, 0.2) is 60.7 Å². The van der Waals surface area contributed by atoms with E-state index in [1.54, 1.807) is 0 Å². The molecule has 1 aliphatic heterocycles. The predicted molar refractivity (Wildman–Crippen MR) is 122 cm³/mol. The van der Waals surface area contributed by atoms with E-state index in [2.05, 4.69) is 22.3 Å². The van der Waals surface area contributed by atoms with E-state index < -0.39 is 0 Å². The Balaban J connectivity index is 1.30. The van der Waals surface area contributed by atoms with Gasteiger partial charge in [0.1, 0.15) is 12.7 Å². The molecule has 1 N–H and O–H groups in total. The fourth-order valence-corrected chi connectivity index (χ4v) is 4.78. The Labute approximate surface area is 189 Å². The maximum Gasteiger partial charge on any atom is 0.407 e. The van der Waals surface area contributed by atoms with Crippen molar-refractivity contribution >= 4 is 12.1 Å². The average Bonchev–Trinajstić information content (AvgIpc) is 2.80. The Morgan fingerprint density at radius 2 is 1.69 bits per heavy atom. The zero-order valence-electron chi connectivity index (χ0n) is 18.4. The number of benzene rings is 2. The lowest BCUT2D eigenvalue weighted by Gasteiger charge is -2.38. The first-order valence-electron chi connectivity index (χ1n) is 11.6.